The standard InChI is InChI=1S/C13H25NO/c1-4-8-11(3)13(15)14-10-7-6-9-12(14)5-2/h11-12H,4-10H2,1-3H3. The molecule has 2 nitrogen and oxygen atoms in total. The lowest BCUT2D eigenvalue weighted by atomic mass is 9.96. The van der Waals surface area contributed by atoms with Gasteiger partial charge >= 0.3 is 0 Å². The van der Waals surface area contributed by atoms with Crippen LogP contribution in [0.15, 0.2) is 0 Å². The van der Waals surface area contributed by atoms with Crippen LogP contribution in [0.3, 0.4) is 0 Å². The predicted molar refractivity (Wildman–Crippen MR) is 63.7 cm³/mol. The Labute approximate surface area is 94.0 Å². The highest BCUT2D eigenvalue weighted by Gasteiger charge is 2.27. The number of carbonyl (C=O) groups excluding carboxylic acids is 1. The molecule has 0 N–H and O–H groups in total. The second kappa shape index (κ2) is 6.14. The molecule has 2 atom stereocenters. The highest BCUT2D eigenvalue weighted by atomic mass is 16.2. The second-order valence-electron chi connectivity index (χ2n) is 4.78. The Bertz CT molecular complexity index is 203. The second-order valence-corrected chi connectivity index (χ2v) is 4.78. The molecule has 1 amide bonds. The number of amides is 1. The fourth-order valence-corrected chi connectivity index (χ4v) is 2.55. The van der Waals surface area contributed by atoms with Crippen LogP contribution in [0, 0.1) is 5.92 Å². The molecule has 0 spiro atoms. The maximum Gasteiger partial charge on any atom is 0.225 e. The van der Waals surface area contributed by atoms with Crippen LogP contribution in [0.4, 0.5) is 0 Å². The summed E-state index contributed by atoms with van der Waals surface area (Å²) in [4.78, 5) is 14.3. The number of hydrogen-bond donors (Lipinski definition) is 0. The van der Waals surface area contributed by atoms with Crippen molar-refractivity contribution in [2.24, 2.45) is 5.92 Å². The van der Waals surface area contributed by atoms with E-state index in [0.717, 1.165) is 25.8 Å². The zero-order valence-corrected chi connectivity index (χ0v) is 10.5. The topological polar surface area (TPSA) is 20.3 Å². The molecule has 88 valence electrons. The fraction of sp³-hybridized carbons (Fsp3) is 0.923. The van der Waals surface area contributed by atoms with Gasteiger partial charge in [0.2, 0.25) is 5.91 Å². The molecular formula is C13H25NO. The molecule has 15 heavy (non-hydrogen) atoms. The van der Waals surface area contributed by atoms with Crippen LogP contribution in [0.25, 0.3) is 0 Å². The van der Waals surface area contributed by atoms with Crippen LogP contribution in [0.2, 0.25) is 0 Å². The van der Waals surface area contributed by atoms with Crippen LogP contribution >= 0.6 is 0 Å². The minimum Gasteiger partial charge on any atom is -0.340 e. The van der Waals surface area contributed by atoms with Crippen molar-refractivity contribution in [3.63, 3.8) is 0 Å². The largest absolute Gasteiger partial charge is 0.340 e. The van der Waals surface area contributed by atoms with Gasteiger partial charge in [0.15, 0.2) is 0 Å². The lowest BCUT2D eigenvalue weighted by Gasteiger charge is -2.37. The van der Waals surface area contributed by atoms with E-state index >= 15 is 0 Å². The summed E-state index contributed by atoms with van der Waals surface area (Å²) in [7, 11) is 0. The molecule has 0 saturated carbocycles. The predicted octanol–water partition coefficient (Wildman–Crippen LogP) is 3.21. The number of carbonyl (C=O) groups is 1. The molecule has 0 aromatic heterocycles. The lowest BCUT2D eigenvalue weighted by molar-refractivity contribution is -0.139. The highest BCUT2D eigenvalue weighted by molar-refractivity contribution is 5.78. The normalized spacial score (nSPS) is 23.9. The van der Waals surface area contributed by atoms with E-state index in [1.165, 1.54) is 19.3 Å². The minimum absolute atomic E-state index is 0.224. The van der Waals surface area contributed by atoms with Gasteiger partial charge in [-0.25, -0.2) is 0 Å². The first-order chi connectivity index (χ1) is 7.20. The van der Waals surface area contributed by atoms with Crippen LogP contribution in [0.5, 0.6) is 0 Å². The van der Waals surface area contributed by atoms with Crippen LogP contribution < -0.4 is 0 Å². The molecule has 0 aromatic rings. The first-order valence-electron chi connectivity index (χ1n) is 6.51. The number of piperidine rings is 1. The lowest BCUT2D eigenvalue weighted by Crippen LogP contribution is -2.45. The van der Waals surface area contributed by atoms with Crippen molar-refractivity contribution in [3.05, 3.63) is 0 Å². The summed E-state index contributed by atoms with van der Waals surface area (Å²) in [6, 6.07) is 0.519. The van der Waals surface area contributed by atoms with Crippen molar-refractivity contribution in [1.29, 1.82) is 0 Å². The molecule has 1 aliphatic heterocycles. The monoisotopic (exact) mass is 211 g/mol. The zero-order chi connectivity index (χ0) is 11.3. The minimum atomic E-state index is 0.224. The number of likely N-dealkylation sites (tertiary alicyclic amines) is 1. The first kappa shape index (κ1) is 12.5. The average molecular weight is 211 g/mol. The van der Waals surface area contributed by atoms with Crippen molar-refractivity contribution < 1.29 is 4.79 Å². The van der Waals surface area contributed by atoms with E-state index in [2.05, 4.69) is 25.7 Å². The Morgan fingerprint density at radius 1 is 1.40 bits per heavy atom. The molecule has 0 radical (unpaired) electrons. The molecule has 1 aliphatic rings. The molecule has 0 bridgehead atoms. The fourth-order valence-electron chi connectivity index (χ4n) is 2.55. The quantitative estimate of drug-likeness (QED) is 0.699. The summed E-state index contributed by atoms with van der Waals surface area (Å²) in [6.07, 6.45) is 6.96. The van der Waals surface area contributed by atoms with E-state index in [-0.39, 0.29) is 5.92 Å². The number of hydrogen-bond acceptors (Lipinski definition) is 1. The van der Waals surface area contributed by atoms with Crippen molar-refractivity contribution in [3.8, 4) is 0 Å². The molecule has 0 aliphatic carbocycles. The average Bonchev–Trinajstić information content (AvgIpc) is 2.28. The Balaban J connectivity index is 2.55. The van der Waals surface area contributed by atoms with Crippen molar-refractivity contribution in [2.45, 2.75) is 65.3 Å². The summed E-state index contributed by atoms with van der Waals surface area (Å²) in [5.74, 6) is 0.616. The van der Waals surface area contributed by atoms with Crippen LogP contribution in [-0.4, -0.2) is 23.4 Å². The van der Waals surface area contributed by atoms with E-state index < -0.39 is 0 Å². The molecule has 1 fully saturated rings. The Kier molecular flexibility index (Phi) is 5.13. The van der Waals surface area contributed by atoms with Gasteiger partial charge < -0.3 is 4.90 Å². The van der Waals surface area contributed by atoms with E-state index in [9.17, 15) is 4.79 Å². The molecule has 1 rings (SSSR count). The molecule has 2 unspecified atom stereocenters. The summed E-state index contributed by atoms with van der Waals surface area (Å²) in [6.45, 7) is 7.41. The van der Waals surface area contributed by atoms with E-state index in [1.54, 1.807) is 0 Å². The van der Waals surface area contributed by atoms with Crippen LogP contribution in [0.1, 0.15) is 59.3 Å². The summed E-state index contributed by atoms with van der Waals surface area (Å²) < 4.78 is 0. The van der Waals surface area contributed by atoms with Gasteiger partial charge in [-0.05, 0) is 32.1 Å². The van der Waals surface area contributed by atoms with E-state index in [4.69, 9.17) is 0 Å². The smallest absolute Gasteiger partial charge is 0.225 e. The Morgan fingerprint density at radius 2 is 2.13 bits per heavy atom. The highest BCUT2D eigenvalue weighted by Crippen LogP contribution is 2.22. The molecule has 2 heteroatoms. The van der Waals surface area contributed by atoms with Gasteiger partial charge in [-0.2, -0.15) is 0 Å². The van der Waals surface area contributed by atoms with Crippen molar-refractivity contribution in [2.75, 3.05) is 6.54 Å². The van der Waals surface area contributed by atoms with Gasteiger partial charge in [0, 0.05) is 18.5 Å². The number of nitrogens with zero attached hydrogens (tertiary/aromatic N) is 1. The number of rotatable bonds is 4. The van der Waals surface area contributed by atoms with Gasteiger partial charge in [0.1, 0.15) is 0 Å². The zero-order valence-electron chi connectivity index (χ0n) is 10.5. The van der Waals surface area contributed by atoms with Crippen molar-refractivity contribution >= 4 is 5.91 Å². The van der Waals surface area contributed by atoms with Gasteiger partial charge in [0.25, 0.3) is 0 Å². The molecule has 0 aromatic carbocycles. The van der Waals surface area contributed by atoms with Gasteiger partial charge in [-0.3, -0.25) is 4.79 Å². The molecule has 1 heterocycles. The Hall–Kier alpha value is -0.530. The van der Waals surface area contributed by atoms with Crippen molar-refractivity contribution in [1.82, 2.24) is 4.90 Å². The summed E-state index contributed by atoms with van der Waals surface area (Å²) >= 11 is 0. The maximum absolute atomic E-state index is 12.2. The van der Waals surface area contributed by atoms with Gasteiger partial charge in [-0.1, -0.05) is 27.2 Å². The SMILES string of the molecule is CCCC(C)C(=O)N1CCCCC1CC. The van der Waals surface area contributed by atoms with E-state index in [0.29, 0.717) is 11.9 Å². The molecular weight excluding hydrogens is 186 g/mol. The van der Waals surface area contributed by atoms with E-state index in [1.807, 2.05) is 0 Å². The van der Waals surface area contributed by atoms with Gasteiger partial charge in [0.05, 0.1) is 0 Å². The third kappa shape index (κ3) is 3.22. The molecule has 1 saturated heterocycles. The first-order valence-corrected chi connectivity index (χ1v) is 6.51. The third-order valence-electron chi connectivity index (χ3n) is 3.52. The third-order valence-corrected chi connectivity index (χ3v) is 3.52. The van der Waals surface area contributed by atoms with Crippen LogP contribution in [-0.2, 0) is 4.79 Å². The maximum atomic E-state index is 12.2. The summed E-state index contributed by atoms with van der Waals surface area (Å²) in [5, 5.41) is 0. The Morgan fingerprint density at radius 3 is 2.73 bits per heavy atom. The van der Waals surface area contributed by atoms with Gasteiger partial charge in [-0.15, -0.1) is 0 Å². The summed E-state index contributed by atoms with van der Waals surface area (Å²) in [5.41, 5.74) is 0.